The van der Waals surface area contributed by atoms with E-state index in [1.54, 1.807) is 0 Å². The van der Waals surface area contributed by atoms with E-state index >= 15 is 0 Å². The summed E-state index contributed by atoms with van der Waals surface area (Å²) in [5, 5.41) is 10.4. The molecule has 23 heavy (non-hydrogen) atoms. The predicted molar refractivity (Wildman–Crippen MR) is 87.8 cm³/mol. The van der Waals surface area contributed by atoms with Gasteiger partial charge < -0.3 is 9.84 Å². The monoisotopic (exact) mass is 337 g/mol. The van der Waals surface area contributed by atoms with Crippen LogP contribution in [0.4, 0.5) is 0 Å². The molecule has 0 spiro atoms. The standard InChI is InChI=1S/C16H19NO5S/c1-17-9-12(15(18)10-4-5-10)16(19)11-6-7-13(22-2)14(8-11)23(3,20)21/h6-10,19H,4-5H2,1-3H3/b16-12-,17-9?. The molecular weight excluding hydrogens is 318 g/mol. The van der Waals surface area contributed by atoms with Gasteiger partial charge >= 0.3 is 0 Å². The first-order valence-electron chi connectivity index (χ1n) is 7.07. The molecule has 0 atom stereocenters. The average Bonchev–Trinajstić information content (AvgIpc) is 3.34. The molecule has 0 heterocycles. The molecule has 0 aliphatic heterocycles. The van der Waals surface area contributed by atoms with Crippen molar-refractivity contribution >= 4 is 27.6 Å². The van der Waals surface area contributed by atoms with Gasteiger partial charge in [-0.2, -0.15) is 0 Å². The van der Waals surface area contributed by atoms with Crippen molar-refractivity contribution in [2.24, 2.45) is 10.9 Å². The van der Waals surface area contributed by atoms with E-state index in [1.165, 1.54) is 38.6 Å². The van der Waals surface area contributed by atoms with Gasteiger partial charge in [-0.05, 0) is 31.0 Å². The Bertz CT molecular complexity index is 789. The molecule has 0 radical (unpaired) electrons. The molecule has 0 aromatic heterocycles. The Morgan fingerprint density at radius 2 is 2.04 bits per heavy atom. The van der Waals surface area contributed by atoms with Crippen molar-refractivity contribution in [2.45, 2.75) is 17.7 Å². The lowest BCUT2D eigenvalue weighted by molar-refractivity contribution is -0.116. The van der Waals surface area contributed by atoms with E-state index < -0.39 is 9.84 Å². The van der Waals surface area contributed by atoms with Crippen molar-refractivity contribution in [3.8, 4) is 5.75 Å². The third-order valence-electron chi connectivity index (χ3n) is 3.56. The van der Waals surface area contributed by atoms with Gasteiger partial charge in [-0.25, -0.2) is 8.42 Å². The molecule has 1 aromatic carbocycles. The first-order valence-corrected chi connectivity index (χ1v) is 8.96. The molecule has 1 N–H and O–H groups in total. The van der Waals surface area contributed by atoms with Crippen molar-refractivity contribution < 1.29 is 23.1 Å². The van der Waals surface area contributed by atoms with Crippen LogP contribution in [-0.2, 0) is 14.6 Å². The number of aliphatic hydroxyl groups is 1. The zero-order valence-electron chi connectivity index (χ0n) is 13.2. The Morgan fingerprint density at radius 3 is 2.52 bits per heavy atom. The minimum atomic E-state index is -3.54. The number of aliphatic imine (C=N–C) groups is 1. The summed E-state index contributed by atoms with van der Waals surface area (Å²) in [5.41, 5.74) is 0.328. The largest absolute Gasteiger partial charge is 0.507 e. The minimum Gasteiger partial charge on any atom is -0.507 e. The number of ketones is 1. The zero-order chi connectivity index (χ0) is 17.2. The Hall–Kier alpha value is -2.15. The Labute approximate surface area is 135 Å². The van der Waals surface area contributed by atoms with E-state index in [0.717, 1.165) is 19.1 Å². The van der Waals surface area contributed by atoms with Crippen molar-refractivity contribution in [1.29, 1.82) is 0 Å². The number of hydrogen-bond donors (Lipinski definition) is 1. The van der Waals surface area contributed by atoms with Crippen molar-refractivity contribution in [3.63, 3.8) is 0 Å². The molecule has 0 amide bonds. The number of allylic oxidation sites excluding steroid dienone is 1. The van der Waals surface area contributed by atoms with Gasteiger partial charge in [0, 0.05) is 31.0 Å². The minimum absolute atomic E-state index is 0.0456. The number of Topliss-reactive ketones (excluding diaryl/α,β-unsaturated/α-hetero) is 1. The highest BCUT2D eigenvalue weighted by Crippen LogP contribution is 2.34. The fourth-order valence-corrected chi connectivity index (χ4v) is 3.06. The molecule has 6 nitrogen and oxygen atoms in total. The van der Waals surface area contributed by atoms with Crippen molar-refractivity contribution in [3.05, 3.63) is 29.3 Å². The topological polar surface area (TPSA) is 93.0 Å². The lowest BCUT2D eigenvalue weighted by Crippen LogP contribution is -2.10. The molecular formula is C16H19NO5S. The zero-order valence-corrected chi connectivity index (χ0v) is 14.1. The Kier molecular flexibility index (Phi) is 4.89. The molecule has 0 saturated heterocycles. The van der Waals surface area contributed by atoms with E-state index in [0.29, 0.717) is 0 Å². The number of rotatable bonds is 6. The van der Waals surface area contributed by atoms with Gasteiger partial charge in [-0.3, -0.25) is 9.79 Å². The average molecular weight is 337 g/mol. The van der Waals surface area contributed by atoms with Crippen LogP contribution in [-0.4, -0.2) is 45.9 Å². The van der Waals surface area contributed by atoms with Gasteiger partial charge in [0.1, 0.15) is 16.4 Å². The second-order valence-electron chi connectivity index (χ2n) is 5.43. The maximum absolute atomic E-state index is 12.3. The molecule has 124 valence electrons. The molecule has 0 unspecified atom stereocenters. The fraction of sp³-hybridized carbons (Fsp3) is 0.375. The summed E-state index contributed by atoms with van der Waals surface area (Å²) in [6, 6.07) is 4.25. The molecule has 7 heteroatoms. The van der Waals surface area contributed by atoms with Crippen LogP contribution in [0.15, 0.2) is 33.7 Å². The van der Waals surface area contributed by atoms with Gasteiger partial charge in [0.2, 0.25) is 0 Å². The Balaban J connectivity index is 2.58. The maximum atomic E-state index is 12.3. The number of hydrogen-bond acceptors (Lipinski definition) is 6. The SMILES string of the molecule is CN=C/C(C(=O)C1CC1)=C(/O)c1ccc(OC)c(S(C)(=O)=O)c1. The maximum Gasteiger partial charge on any atom is 0.179 e. The highest BCUT2D eigenvalue weighted by atomic mass is 32.2. The van der Waals surface area contributed by atoms with E-state index in [2.05, 4.69) is 4.99 Å². The number of benzene rings is 1. The summed E-state index contributed by atoms with van der Waals surface area (Å²) < 4.78 is 28.8. The predicted octanol–water partition coefficient (Wildman–Crippen LogP) is 2.05. The summed E-state index contributed by atoms with van der Waals surface area (Å²) >= 11 is 0. The molecule has 1 fully saturated rings. The molecule has 1 saturated carbocycles. The smallest absolute Gasteiger partial charge is 0.179 e. The number of sulfone groups is 1. The van der Waals surface area contributed by atoms with Crippen LogP contribution in [0.25, 0.3) is 5.76 Å². The van der Waals surface area contributed by atoms with Crippen LogP contribution in [0.5, 0.6) is 5.75 Å². The van der Waals surface area contributed by atoms with Crippen LogP contribution in [0.2, 0.25) is 0 Å². The summed E-state index contributed by atoms with van der Waals surface area (Å²) in [6.07, 6.45) is 3.95. The number of methoxy groups -OCH3 is 1. The van der Waals surface area contributed by atoms with E-state index in [1.807, 2.05) is 0 Å². The van der Waals surface area contributed by atoms with Crippen LogP contribution in [0.3, 0.4) is 0 Å². The van der Waals surface area contributed by atoms with Crippen LogP contribution < -0.4 is 4.74 Å². The van der Waals surface area contributed by atoms with Crippen LogP contribution in [0, 0.1) is 5.92 Å². The van der Waals surface area contributed by atoms with E-state index in [4.69, 9.17) is 4.74 Å². The molecule has 1 aliphatic carbocycles. The second kappa shape index (κ2) is 6.54. The lowest BCUT2D eigenvalue weighted by atomic mass is 10.0. The van der Waals surface area contributed by atoms with Crippen LogP contribution >= 0.6 is 0 Å². The van der Waals surface area contributed by atoms with Gasteiger partial charge in [0.15, 0.2) is 15.6 Å². The van der Waals surface area contributed by atoms with Gasteiger partial charge in [-0.1, -0.05) is 0 Å². The number of carbonyl (C=O) groups is 1. The molecule has 1 aliphatic rings. The van der Waals surface area contributed by atoms with Gasteiger partial charge in [0.05, 0.1) is 12.7 Å². The highest BCUT2D eigenvalue weighted by molar-refractivity contribution is 7.90. The van der Waals surface area contributed by atoms with Crippen molar-refractivity contribution in [1.82, 2.24) is 0 Å². The summed E-state index contributed by atoms with van der Waals surface area (Å²) in [4.78, 5) is 16.0. The fourth-order valence-electron chi connectivity index (χ4n) is 2.21. The summed E-state index contributed by atoms with van der Waals surface area (Å²) in [6.45, 7) is 0. The molecule has 2 rings (SSSR count). The van der Waals surface area contributed by atoms with E-state index in [9.17, 15) is 18.3 Å². The second-order valence-corrected chi connectivity index (χ2v) is 7.41. The normalized spacial score (nSPS) is 16.3. The quantitative estimate of drug-likeness (QED) is 0.487. The summed E-state index contributed by atoms with van der Waals surface area (Å²) in [7, 11) is -0.671. The number of nitrogens with zero attached hydrogens (tertiary/aromatic N) is 1. The third kappa shape index (κ3) is 3.79. The Morgan fingerprint density at radius 1 is 1.39 bits per heavy atom. The number of aliphatic hydroxyl groups excluding tert-OH is 1. The molecule has 1 aromatic rings. The third-order valence-corrected chi connectivity index (χ3v) is 4.68. The van der Waals surface area contributed by atoms with Gasteiger partial charge in [0.25, 0.3) is 0 Å². The number of ether oxygens (including phenoxy) is 1. The first-order chi connectivity index (χ1) is 10.8. The highest BCUT2D eigenvalue weighted by Gasteiger charge is 2.33. The van der Waals surface area contributed by atoms with Gasteiger partial charge in [-0.15, -0.1) is 0 Å². The van der Waals surface area contributed by atoms with Crippen molar-refractivity contribution in [2.75, 3.05) is 20.4 Å². The number of carbonyl (C=O) groups excluding carboxylic acids is 1. The van der Waals surface area contributed by atoms with E-state index in [-0.39, 0.29) is 39.2 Å². The first kappa shape index (κ1) is 17.2. The van der Waals surface area contributed by atoms with Crippen LogP contribution in [0.1, 0.15) is 18.4 Å². The summed E-state index contributed by atoms with van der Waals surface area (Å²) in [5.74, 6) is -0.356. The lowest BCUT2D eigenvalue weighted by Gasteiger charge is -2.11. The molecule has 0 bridgehead atoms.